The van der Waals surface area contributed by atoms with E-state index in [0.717, 1.165) is 19.3 Å². The Bertz CT molecular complexity index is 386. The topological polar surface area (TPSA) is 26.3 Å². The zero-order valence-corrected chi connectivity index (χ0v) is 14.4. The molecule has 0 bridgehead atoms. The zero-order chi connectivity index (χ0) is 16.0. The average Bonchev–Trinajstić information content (AvgIpc) is 2.55. The Balaban J connectivity index is 2.25. The van der Waals surface area contributed by atoms with Crippen molar-refractivity contribution < 1.29 is 9.53 Å². The van der Waals surface area contributed by atoms with Crippen molar-refractivity contribution in [2.75, 3.05) is 0 Å². The van der Waals surface area contributed by atoms with Crippen molar-refractivity contribution in [1.82, 2.24) is 0 Å². The minimum Gasteiger partial charge on any atom is -0.459 e. The maximum Gasteiger partial charge on any atom is 0.338 e. The van der Waals surface area contributed by atoms with Gasteiger partial charge < -0.3 is 4.74 Å². The molecule has 22 heavy (non-hydrogen) atoms. The summed E-state index contributed by atoms with van der Waals surface area (Å²) in [6, 6.07) is 9.31. The first-order valence-electron chi connectivity index (χ1n) is 9.04. The van der Waals surface area contributed by atoms with E-state index in [9.17, 15) is 4.79 Å². The van der Waals surface area contributed by atoms with Gasteiger partial charge in [-0.25, -0.2) is 4.79 Å². The molecule has 1 aromatic carbocycles. The summed E-state index contributed by atoms with van der Waals surface area (Å²) in [5.41, 5.74) is 0.656. The molecule has 0 aliphatic heterocycles. The lowest BCUT2D eigenvalue weighted by molar-refractivity contribution is 0.0253. The van der Waals surface area contributed by atoms with Gasteiger partial charge in [-0.05, 0) is 31.4 Å². The second-order valence-corrected chi connectivity index (χ2v) is 6.09. The van der Waals surface area contributed by atoms with E-state index in [-0.39, 0.29) is 12.1 Å². The fourth-order valence-electron chi connectivity index (χ4n) is 2.71. The van der Waals surface area contributed by atoms with E-state index < -0.39 is 0 Å². The SMILES string of the molecule is CCCCCCCCCC(CCC)OC(=O)c1ccccc1. The van der Waals surface area contributed by atoms with Crippen LogP contribution in [0.15, 0.2) is 30.3 Å². The summed E-state index contributed by atoms with van der Waals surface area (Å²) in [5.74, 6) is -0.179. The first-order valence-corrected chi connectivity index (χ1v) is 9.04. The number of rotatable bonds is 12. The Morgan fingerprint density at radius 1 is 0.864 bits per heavy atom. The molecule has 0 aliphatic rings. The molecule has 1 aromatic rings. The van der Waals surface area contributed by atoms with Crippen molar-refractivity contribution in [3.63, 3.8) is 0 Å². The van der Waals surface area contributed by atoms with Crippen molar-refractivity contribution in [1.29, 1.82) is 0 Å². The van der Waals surface area contributed by atoms with Crippen LogP contribution in [-0.4, -0.2) is 12.1 Å². The monoisotopic (exact) mass is 304 g/mol. The first kappa shape index (κ1) is 18.7. The molecular formula is C20H32O2. The van der Waals surface area contributed by atoms with Gasteiger partial charge in [-0.1, -0.05) is 77.0 Å². The van der Waals surface area contributed by atoms with E-state index in [1.807, 2.05) is 30.3 Å². The lowest BCUT2D eigenvalue weighted by Gasteiger charge is -2.17. The van der Waals surface area contributed by atoms with Gasteiger partial charge in [-0.2, -0.15) is 0 Å². The minimum atomic E-state index is -0.179. The predicted molar refractivity (Wildman–Crippen MR) is 93.2 cm³/mol. The Labute approximate surface area is 136 Å². The molecule has 0 spiro atoms. The molecule has 124 valence electrons. The quantitative estimate of drug-likeness (QED) is 0.342. The number of carbonyl (C=O) groups excluding carboxylic acids is 1. The maximum absolute atomic E-state index is 12.1. The van der Waals surface area contributed by atoms with Gasteiger partial charge in [0.05, 0.1) is 5.56 Å². The van der Waals surface area contributed by atoms with E-state index in [0.29, 0.717) is 5.56 Å². The van der Waals surface area contributed by atoms with E-state index in [1.54, 1.807) is 0 Å². The number of hydrogen-bond acceptors (Lipinski definition) is 2. The van der Waals surface area contributed by atoms with E-state index in [1.165, 1.54) is 44.9 Å². The summed E-state index contributed by atoms with van der Waals surface area (Å²) < 4.78 is 5.68. The molecule has 0 N–H and O–H groups in total. The summed E-state index contributed by atoms with van der Waals surface area (Å²) in [6.07, 6.45) is 12.2. The van der Waals surface area contributed by atoms with Gasteiger partial charge in [0.1, 0.15) is 6.10 Å². The van der Waals surface area contributed by atoms with Crippen LogP contribution in [0.4, 0.5) is 0 Å². The molecule has 0 amide bonds. The Morgan fingerprint density at radius 2 is 1.50 bits per heavy atom. The zero-order valence-electron chi connectivity index (χ0n) is 14.4. The van der Waals surface area contributed by atoms with Crippen LogP contribution in [0.3, 0.4) is 0 Å². The highest BCUT2D eigenvalue weighted by Gasteiger charge is 2.14. The number of ether oxygens (including phenoxy) is 1. The van der Waals surface area contributed by atoms with E-state index in [4.69, 9.17) is 4.74 Å². The third kappa shape index (κ3) is 8.21. The van der Waals surface area contributed by atoms with Crippen molar-refractivity contribution in [2.24, 2.45) is 0 Å². The number of carbonyl (C=O) groups is 1. The highest BCUT2D eigenvalue weighted by atomic mass is 16.5. The number of unbranched alkanes of at least 4 members (excludes halogenated alkanes) is 6. The van der Waals surface area contributed by atoms with Crippen molar-refractivity contribution in [3.8, 4) is 0 Å². The van der Waals surface area contributed by atoms with Crippen molar-refractivity contribution in [2.45, 2.75) is 84.2 Å². The Hall–Kier alpha value is -1.31. The van der Waals surface area contributed by atoms with Crippen LogP contribution in [0.25, 0.3) is 0 Å². The van der Waals surface area contributed by atoms with Gasteiger partial charge in [0.15, 0.2) is 0 Å². The molecule has 1 unspecified atom stereocenters. The summed E-state index contributed by atoms with van der Waals surface area (Å²) in [6.45, 7) is 4.39. The Kier molecular flexibility index (Phi) is 10.4. The van der Waals surface area contributed by atoms with E-state index in [2.05, 4.69) is 13.8 Å². The highest BCUT2D eigenvalue weighted by Crippen LogP contribution is 2.16. The van der Waals surface area contributed by atoms with Gasteiger partial charge in [-0.3, -0.25) is 0 Å². The normalized spacial score (nSPS) is 12.1. The highest BCUT2D eigenvalue weighted by molar-refractivity contribution is 5.89. The molecule has 0 radical (unpaired) electrons. The van der Waals surface area contributed by atoms with Crippen LogP contribution in [0.2, 0.25) is 0 Å². The van der Waals surface area contributed by atoms with Crippen LogP contribution in [0.1, 0.15) is 88.4 Å². The van der Waals surface area contributed by atoms with Gasteiger partial charge in [-0.15, -0.1) is 0 Å². The molecule has 0 heterocycles. The molecule has 0 fully saturated rings. The lowest BCUT2D eigenvalue weighted by atomic mass is 10.0. The number of benzene rings is 1. The van der Waals surface area contributed by atoms with Crippen molar-refractivity contribution in [3.05, 3.63) is 35.9 Å². The molecule has 0 aromatic heterocycles. The van der Waals surface area contributed by atoms with Crippen LogP contribution < -0.4 is 0 Å². The van der Waals surface area contributed by atoms with E-state index >= 15 is 0 Å². The van der Waals surface area contributed by atoms with Crippen LogP contribution in [-0.2, 0) is 4.74 Å². The minimum absolute atomic E-state index is 0.0772. The third-order valence-corrected chi connectivity index (χ3v) is 4.02. The number of esters is 1. The van der Waals surface area contributed by atoms with Crippen molar-refractivity contribution >= 4 is 5.97 Å². The van der Waals surface area contributed by atoms with Crippen LogP contribution >= 0.6 is 0 Å². The summed E-state index contributed by atoms with van der Waals surface area (Å²) in [7, 11) is 0. The fourth-order valence-corrected chi connectivity index (χ4v) is 2.71. The smallest absolute Gasteiger partial charge is 0.338 e. The summed E-state index contributed by atoms with van der Waals surface area (Å²) in [5, 5.41) is 0. The summed E-state index contributed by atoms with van der Waals surface area (Å²) >= 11 is 0. The standard InChI is InChI=1S/C20H32O2/c1-3-5-6-7-8-9-13-17-19(14-4-2)22-20(21)18-15-11-10-12-16-18/h10-12,15-16,19H,3-9,13-14,17H2,1-2H3. The molecular weight excluding hydrogens is 272 g/mol. The Morgan fingerprint density at radius 3 is 2.14 bits per heavy atom. The molecule has 2 heteroatoms. The van der Waals surface area contributed by atoms with Gasteiger partial charge >= 0.3 is 5.97 Å². The third-order valence-electron chi connectivity index (χ3n) is 4.02. The number of hydrogen-bond donors (Lipinski definition) is 0. The second-order valence-electron chi connectivity index (χ2n) is 6.09. The fraction of sp³-hybridized carbons (Fsp3) is 0.650. The molecule has 1 rings (SSSR count). The second kappa shape index (κ2) is 12.3. The predicted octanol–water partition coefficient (Wildman–Crippen LogP) is 6.15. The molecule has 2 nitrogen and oxygen atoms in total. The molecule has 0 saturated heterocycles. The van der Waals surface area contributed by atoms with Gasteiger partial charge in [0.25, 0.3) is 0 Å². The molecule has 0 aliphatic carbocycles. The van der Waals surface area contributed by atoms with Crippen LogP contribution in [0, 0.1) is 0 Å². The largest absolute Gasteiger partial charge is 0.459 e. The maximum atomic E-state index is 12.1. The van der Waals surface area contributed by atoms with Gasteiger partial charge in [0.2, 0.25) is 0 Å². The van der Waals surface area contributed by atoms with Gasteiger partial charge in [0, 0.05) is 0 Å². The van der Waals surface area contributed by atoms with Crippen LogP contribution in [0.5, 0.6) is 0 Å². The average molecular weight is 304 g/mol. The molecule has 1 atom stereocenters. The lowest BCUT2D eigenvalue weighted by Crippen LogP contribution is -2.18. The first-order chi connectivity index (χ1) is 10.8. The summed E-state index contributed by atoms with van der Waals surface area (Å²) in [4.78, 5) is 12.1. The molecule has 0 saturated carbocycles.